The second-order valence-corrected chi connectivity index (χ2v) is 6.86. The number of unbranched alkanes of at least 4 members (excludes halogenated alkanes) is 1. The number of Topliss-reactive ketones (excluding diaryl/α,β-unsaturated/α-hetero) is 1. The lowest BCUT2D eigenvalue weighted by molar-refractivity contribution is 0.101. The molecule has 0 unspecified atom stereocenters. The second-order valence-electron chi connectivity index (χ2n) is 5.83. The molecule has 2 aromatic carbocycles. The fourth-order valence-electron chi connectivity index (χ4n) is 2.49. The fourth-order valence-corrected chi connectivity index (χ4v) is 3.37. The number of hydrogen-bond acceptors (Lipinski definition) is 6. The van der Waals surface area contributed by atoms with Crippen LogP contribution in [0, 0.1) is 0 Å². The molecular weight excluding hydrogens is 428 g/mol. The molecule has 27 heavy (non-hydrogen) atoms. The van der Waals surface area contributed by atoms with Crippen LogP contribution < -0.4 is 14.8 Å². The summed E-state index contributed by atoms with van der Waals surface area (Å²) in [5.74, 6) is 1.54. The van der Waals surface area contributed by atoms with Gasteiger partial charge < -0.3 is 14.8 Å². The molecule has 0 atom stereocenters. The number of anilines is 1. The molecule has 1 aromatic heterocycles. The molecule has 144 valence electrons. The minimum Gasteiger partial charge on any atom is -0.494 e. The predicted molar refractivity (Wildman–Crippen MR) is 116 cm³/mol. The molecule has 0 amide bonds. The van der Waals surface area contributed by atoms with Crippen LogP contribution in [0.1, 0.15) is 30.1 Å². The van der Waals surface area contributed by atoms with Gasteiger partial charge in [-0.2, -0.15) is 0 Å². The van der Waals surface area contributed by atoms with Crippen LogP contribution in [0.2, 0.25) is 0 Å². The third kappa shape index (κ3) is 5.43. The Labute approximate surface area is 173 Å². The number of thiazole rings is 1. The maximum atomic E-state index is 12.4. The Morgan fingerprint density at radius 3 is 2.67 bits per heavy atom. The molecule has 3 aromatic rings. The van der Waals surface area contributed by atoms with Crippen molar-refractivity contribution in [2.45, 2.75) is 19.8 Å². The van der Waals surface area contributed by atoms with E-state index in [-0.39, 0.29) is 29.3 Å². The van der Waals surface area contributed by atoms with Gasteiger partial charge in [-0.25, -0.2) is 4.98 Å². The maximum Gasteiger partial charge on any atom is 0.184 e. The van der Waals surface area contributed by atoms with Gasteiger partial charge >= 0.3 is 0 Å². The highest BCUT2D eigenvalue weighted by molar-refractivity contribution is 8.93. The number of ether oxygens (including phenoxy) is 2. The largest absolute Gasteiger partial charge is 0.494 e. The summed E-state index contributed by atoms with van der Waals surface area (Å²) in [5, 5.41) is 3.82. The van der Waals surface area contributed by atoms with Gasteiger partial charge in [0.2, 0.25) is 0 Å². The molecule has 0 spiro atoms. The average molecular weight is 451 g/mol. The van der Waals surface area contributed by atoms with Crippen molar-refractivity contribution in [3.8, 4) is 11.5 Å². The number of nitrogens with zero attached hydrogens (tertiary/aromatic N) is 1. The summed E-state index contributed by atoms with van der Waals surface area (Å²) in [5.41, 5.74) is 1.46. The number of ketones is 1. The van der Waals surface area contributed by atoms with E-state index >= 15 is 0 Å². The zero-order valence-corrected chi connectivity index (χ0v) is 17.9. The van der Waals surface area contributed by atoms with Crippen LogP contribution in [0.15, 0.2) is 42.5 Å². The standard InChI is InChI=1S/C20H22N2O3S.BrH/c1-3-4-12-25-15-10-8-14(9-11-15)16(23)13-21-20-22-19-17(24-2)6-5-7-18(19)26-20;/h5-11H,3-4,12-13H2,1-2H3,(H,21,22);1H. The van der Waals surface area contributed by atoms with Gasteiger partial charge in [-0.15, -0.1) is 17.0 Å². The Morgan fingerprint density at radius 2 is 1.96 bits per heavy atom. The molecule has 0 aliphatic rings. The Balaban J connectivity index is 0.00000261. The van der Waals surface area contributed by atoms with E-state index in [1.807, 2.05) is 30.3 Å². The van der Waals surface area contributed by atoms with Crippen molar-refractivity contribution in [1.82, 2.24) is 4.98 Å². The van der Waals surface area contributed by atoms with Crippen LogP contribution in [0.3, 0.4) is 0 Å². The smallest absolute Gasteiger partial charge is 0.184 e. The van der Waals surface area contributed by atoms with Crippen LogP contribution in [-0.2, 0) is 0 Å². The Hall–Kier alpha value is -2.12. The molecule has 1 heterocycles. The first kappa shape index (κ1) is 21.2. The highest BCUT2D eigenvalue weighted by Gasteiger charge is 2.11. The Bertz CT molecular complexity index is 881. The van der Waals surface area contributed by atoms with Gasteiger partial charge in [-0.3, -0.25) is 4.79 Å². The lowest BCUT2D eigenvalue weighted by Gasteiger charge is -2.06. The number of nitrogens with one attached hydrogen (secondary N) is 1. The Morgan fingerprint density at radius 1 is 1.19 bits per heavy atom. The van der Waals surface area contributed by atoms with Crippen molar-refractivity contribution < 1.29 is 14.3 Å². The maximum absolute atomic E-state index is 12.4. The van der Waals surface area contributed by atoms with Crippen molar-refractivity contribution in [3.05, 3.63) is 48.0 Å². The molecule has 0 saturated carbocycles. The molecule has 0 bridgehead atoms. The van der Waals surface area contributed by atoms with Crippen LogP contribution in [0.5, 0.6) is 11.5 Å². The van der Waals surface area contributed by atoms with Crippen molar-refractivity contribution in [2.75, 3.05) is 25.6 Å². The summed E-state index contributed by atoms with van der Waals surface area (Å²) in [6.45, 7) is 3.02. The van der Waals surface area contributed by atoms with Crippen molar-refractivity contribution in [3.63, 3.8) is 0 Å². The van der Waals surface area contributed by atoms with E-state index < -0.39 is 0 Å². The number of carbonyl (C=O) groups excluding carboxylic acids is 1. The predicted octanol–water partition coefficient (Wildman–Crippen LogP) is 5.36. The van der Waals surface area contributed by atoms with E-state index in [2.05, 4.69) is 17.2 Å². The summed E-state index contributed by atoms with van der Waals surface area (Å²) >= 11 is 1.50. The topological polar surface area (TPSA) is 60.5 Å². The van der Waals surface area contributed by atoms with Crippen LogP contribution in [-0.4, -0.2) is 31.0 Å². The summed E-state index contributed by atoms with van der Waals surface area (Å²) in [6, 6.07) is 13.1. The van der Waals surface area contributed by atoms with Gasteiger partial charge in [0.15, 0.2) is 10.9 Å². The number of methoxy groups -OCH3 is 1. The van der Waals surface area contributed by atoms with E-state index in [4.69, 9.17) is 9.47 Å². The first-order valence-electron chi connectivity index (χ1n) is 8.64. The summed E-state index contributed by atoms with van der Waals surface area (Å²) in [7, 11) is 1.63. The molecule has 3 rings (SSSR count). The van der Waals surface area contributed by atoms with Gasteiger partial charge in [0.1, 0.15) is 17.0 Å². The number of fused-ring (bicyclic) bond motifs is 1. The van der Waals surface area contributed by atoms with Crippen molar-refractivity contribution >= 4 is 49.4 Å². The van der Waals surface area contributed by atoms with E-state index in [0.29, 0.717) is 17.3 Å². The molecule has 0 saturated heterocycles. The van der Waals surface area contributed by atoms with Gasteiger partial charge in [0.25, 0.3) is 0 Å². The van der Waals surface area contributed by atoms with E-state index in [9.17, 15) is 4.79 Å². The number of carbonyl (C=O) groups is 1. The lowest BCUT2D eigenvalue weighted by atomic mass is 10.1. The number of benzene rings is 2. The molecule has 0 fully saturated rings. The zero-order chi connectivity index (χ0) is 18.4. The van der Waals surface area contributed by atoms with Gasteiger partial charge in [-0.05, 0) is 42.8 Å². The first-order valence-corrected chi connectivity index (χ1v) is 9.46. The molecule has 1 N–H and O–H groups in total. The van der Waals surface area contributed by atoms with Gasteiger partial charge in [0.05, 0.1) is 25.0 Å². The van der Waals surface area contributed by atoms with E-state index in [0.717, 1.165) is 34.6 Å². The van der Waals surface area contributed by atoms with Crippen LogP contribution in [0.4, 0.5) is 5.13 Å². The van der Waals surface area contributed by atoms with Gasteiger partial charge in [-0.1, -0.05) is 30.7 Å². The van der Waals surface area contributed by atoms with Crippen molar-refractivity contribution in [2.24, 2.45) is 0 Å². The zero-order valence-electron chi connectivity index (χ0n) is 15.4. The van der Waals surface area contributed by atoms with Gasteiger partial charge in [0, 0.05) is 5.56 Å². The summed E-state index contributed by atoms with van der Waals surface area (Å²) in [6.07, 6.45) is 2.12. The Kier molecular flexibility index (Phi) is 8.06. The molecule has 7 heteroatoms. The third-order valence-electron chi connectivity index (χ3n) is 3.94. The van der Waals surface area contributed by atoms with Crippen LogP contribution in [0.25, 0.3) is 10.2 Å². The molecular formula is C20H23BrN2O3S. The molecule has 0 radical (unpaired) electrons. The molecule has 0 aliphatic heterocycles. The highest BCUT2D eigenvalue weighted by atomic mass is 79.9. The summed E-state index contributed by atoms with van der Waals surface area (Å²) in [4.78, 5) is 16.9. The SMILES string of the molecule is Br.CCCCOc1ccc(C(=O)CNc2nc3c(OC)cccc3s2)cc1. The number of para-hydroxylation sites is 1. The average Bonchev–Trinajstić information content (AvgIpc) is 3.10. The monoisotopic (exact) mass is 450 g/mol. The number of rotatable bonds is 9. The minimum absolute atomic E-state index is 0. The highest BCUT2D eigenvalue weighted by Crippen LogP contribution is 2.32. The normalized spacial score (nSPS) is 10.3. The second kappa shape index (κ2) is 10.3. The quantitative estimate of drug-likeness (QED) is 0.351. The van der Waals surface area contributed by atoms with E-state index in [1.54, 1.807) is 19.2 Å². The number of halogens is 1. The minimum atomic E-state index is 0. The van der Waals surface area contributed by atoms with E-state index in [1.165, 1.54) is 11.3 Å². The number of hydrogen-bond donors (Lipinski definition) is 1. The van der Waals surface area contributed by atoms with Crippen molar-refractivity contribution in [1.29, 1.82) is 0 Å². The third-order valence-corrected chi connectivity index (χ3v) is 4.92. The summed E-state index contributed by atoms with van der Waals surface area (Å²) < 4.78 is 12.0. The first-order chi connectivity index (χ1) is 12.7. The molecule has 5 nitrogen and oxygen atoms in total. The molecule has 0 aliphatic carbocycles. The fraction of sp³-hybridized carbons (Fsp3) is 0.300. The lowest BCUT2D eigenvalue weighted by Crippen LogP contribution is -2.13. The van der Waals surface area contributed by atoms with Crippen LogP contribution >= 0.6 is 28.3 Å². The number of aromatic nitrogens is 1.